The molecule has 0 aromatic carbocycles. The molecule has 1 aliphatic rings. The van der Waals surface area contributed by atoms with Crippen LogP contribution in [0.1, 0.15) is 39.5 Å². The van der Waals surface area contributed by atoms with E-state index in [1.54, 1.807) is 7.05 Å². The second-order valence-corrected chi connectivity index (χ2v) is 4.52. The van der Waals surface area contributed by atoms with E-state index < -0.39 is 5.54 Å². The van der Waals surface area contributed by atoms with Crippen LogP contribution >= 0.6 is 0 Å². The van der Waals surface area contributed by atoms with Crippen molar-refractivity contribution in [1.29, 1.82) is 0 Å². The van der Waals surface area contributed by atoms with Crippen molar-refractivity contribution in [1.82, 2.24) is 5.32 Å². The topological polar surface area (TPSA) is 47.6 Å². The Morgan fingerprint density at radius 2 is 2.06 bits per heavy atom. The van der Waals surface area contributed by atoms with Crippen molar-refractivity contribution >= 4 is 5.97 Å². The van der Waals surface area contributed by atoms with E-state index in [1.165, 1.54) is 12.8 Å². The molecule has 16 heavy (non-hydrogen) atoms. The number of likely N-dealkylation sites (N-methyl/N-ethyl adjacent to an activating group) is 1. The quantitative estimate of drug-likeness (QED) is 0.701. The van der Waals surface area contributed by atoms with Crippen molar-refractivity contribution in [3.8, 4) is 0 Å². The average Bonchev–Trinajstić information content (AvgIpc) is 2.79. The maximum Gasteiger partial charge on any atom is 0.328 e. The number of carbonyl (C=O) groups is 1. The van der Waals surface area contributed by atoms with E-state index in [1.807, 2.05) is 13.8 Å². The second kappa shape index (κ2) is 6.21. The van der Waals surface area contributed by atoms with Gasteiger partial charge in [0.25, 0.3) is 0 Å². The Bertz CT molecular complexity index is 226. The van der Waals surface area contributed by atoms with E-state index in [-0.39, 0.29) is 5.97 Å². The monoisotopic (exact) mass is 229 g/mol. The van der Waals surface area contributed by atoms with Gasteiger partial charge >= 0.3 is 5.97 Å². The van der Waals surface area contributed by atoms with Gasteiger partial charge in [0.1, 0.15) is 5.54 Å². The van der Waals surface area contributed by atoms with Gasteiger partial charge in [0, 0.05) is 0 Å². The first kappa shape index (κ1) is 13.5. The minimum Gasteiger partial charge on any atom is -0.465 e. The van der Waals surface area contributed by atoms with E-state index in [0.717, 1.165) is 12.8 Å². The number of rotatable bonds is 6. The maximum absolute atomic E-state index is 11.7. The molecule has 1 aliphatic carbocycles. The highest BCUT2D eigenvalue weighted by atomic mass is 16.5. The van der Waals surface area contributed by atoms with Gasteiger partial charge in [-0.15, -0.1) is 0 Å². The molecule has 4 heteroatoms. The summed E-state index contributed by atoms with van der Waals surface area (Å²) in [5, 5.41) is 2.99. The summed E-state index contributed by atoms with van der Waals surface area (Å²) in [4.78, 5) is 11.7. The number of ether oxygens (including phenoxy) is 2. The molecule has 4 nitrogen and oxygen atoms in total. The Morgan fingerprint density at radius 3 is 2.56 bits per heavy atom. The van der Waals surface area contributed by atoms with Crippen LogP contribution in [0.2, 0.25) is 0 Å². The van der Waals surface area contributed by atoms with E-state index >= 15 is 0 Å². The van der Waals surface area contributed by atoms with Crippen LogP contribution in [0, 0.1) is 0 Å². The number of hydrogen-bond donors (Lipinski definition) is 1. The van der Waals surface area contributed by atoms with Gasteiger partial charge in [-0.3, -0.25) is 0 Å². The zero-order valence-corrected chi connectivity index (χ0v) is 10.5. The lowest BCUT2D eigenvalue weighted by Gasteiger charge is -2.27. The molecule has 1 fully saturated rings. The number of nitrogens with one attached hydrogen (secondary N) is 1. The normalized spacial score (nSPS) is 20.7. The number of carbonyl (C=O) groups excluding carboxylic acids is 1. The Kier molecular flexibility index (Phi) is 5.22. The predicted molar refractivity (Wildman–Crippen MR) is 62.3 cm³/mol. The number of esters is 1. The molecule has 0 aliphatic heterocycles. The summed E-state index contributed by atoms with van der Waals surface area (Å²) >= 11 is 0. The third-order valence-corrected chi connectivity index (χ3v) is 3.19. The fourth-order valence-electron chi connectivity index (χ4n) is 1.86. The third kappa shape index (κ3) is 3.46. The number of hydrogen-bond acceptors (Lipinski definition) is 4. The second-order valence-electron chi connectivity index (χ2n) is 4.52. The zero-order valence-electron chi connectivity index (χ0n) is 10.5. The first-order chi connectivity index (χ1) is 7.62. The molecule has 1 saturated carbocycles. The third-order valence-electron chi connectivity index (χ3n) is 3.19. The van der Waals surface area contributed by atoms with Crippen LogP contribution in [0.4, 0.5) is 0 Å². The fraction of sp³-hybridized carbons (Fsp3) is 0.917. The first-order valence-electron chi connectivity index (χ1n) is 6.10. The Labute approximate surface area is 97.7 Å². The van der Waals surface area contributed by atoms with Crippen LogP contribution < -0.4 is 5.32 Å². The van der Waals surface area contributed by atoms with Gasteiger partial charge in [0.05, 0.1) is 19.3 Å². The average molecular weight is 229 g/mol. The summed E-state index contributed by atoms with van der Waals surface area (Å²) in [5.74, 6) is -0.240. The minimum absolute atomic E-state index is 0.240. The van der Waals surface area contributed by atoms with Crippen molar-refractivity contribution in [2.24, 2.45) is 0 Å². The standard InChI is InChI=1S/C12H23NO3/c1-4-15-11(14)12(2,13-3)9-16-10-7-5-6-8-10/h10,13H,4-9H2,1-3H3. The SMILES string of the molecule is CCOC(=O)C(C)(COC1CCCC1)NC. The van der Waals surface area contributed by atoms with Crippen LogP contribution in [0.5, 0.6) is 0 Å². The van der Waals surface area contributed by atoms with E-state index in [9.17, 15) is 4.79 Å². The van der Waals surface area contributed by atoms with Crippen LogP contribution in [-0.4, -0.2) is 37.9 Å². The molecule has 0 bridgehead atoms. The first-order valence-corrected chi connectivity index (χ1v) is 6.10. The lowest BCUT2D eigenvalue weighted by atomic mass is 10.0. The predicted octanol–water partition coefficient (Wildman–Crippen LogP) is 1.49. The summed E-state index contributed by atoms with van der Waals surface area (Å²) in [6, 6.07) is 0. The molecule has 1 rings (SSSR count). The summed E-state index contributed by atoms with van der Waals surface area (Å²) in [7, 11) is 1.76. The van der Waals surface area contributed by atoms with Crippen molar-refractivity contribution < 1.29 is 14.3 Å². The highest BCUT2D eigenvalue weighted by Gasteiger charge is 2.34. The van der Waals surface area contributed by atoms with Crippen molar-refractivity contribution in [3.63, 3.8) is 0 Å². The molecule has 0 aromatic heterocycles. The van der Waals surface area contributed by atoms with Crippen LogP contribution in [0.25, 0.3) is 0 Å². The Morgan fingerprint density at radius 1 is 1.44 bits per heavy atom. The summed E-state index contributed by atoms with van der Waals surface area (Å²) in [6.45, 7) is 4.41. The Hall–Kier alpha value is -0.610. The van der Waals surface area contributed by atoms with Crippen molar-refractivity contribution in [2.45, 2.75) is 51.2 Å². The largest absolute Gasteiger partial charge is 0.465 e. The highest BCUT2D eigenvalue weighted by Crippen LogP contribution is 2.22. The lowest BCUT2D eigenvalue weighted by molar-refractivity contribution is -0.153. The van der Waals surface area contributed by atoms with Gasteiger partial charge in [0.2, 0.25) is 0 Å². The lowest BCUT2D eigenvalue weighted by Crippen LogP contribution is -2.52. The van der Waals surface area contributed by atoms with Crippen LogP contribution in [-0.2, 0) is 14.3 Å². The molecular weight excluding hydrogens is 206 g/mol. The summed E-state index contributed by atoms with van der Waals surface area (Å²) in [6.07, 6.45) is 5.02. The molecule has 0 spiro atoms. The van der Waals surface area contributed by atoms with Gasteiger partial charge in [-0.25, -0.2) is 4.79 Å². The molecule has 1 N–H and O–H groups in total. The highest BCUT2D eigenvalue weighted by molar-refractivity contribution is 5.80. The Balaban J connectivity index is 2.41. The molecule has 0 amide bonds. The molecule has 0 radical (unpaired) electrons. The summed E-state index contributed by atoms with van der Waals surface area (Å²) < 4.78 is 10.8. The fourth-order valence-corrected chi connectivity index (χ4v) is 1.86. The van der Waals surface area contributed by atoms with Gasteiger partial charge < -0.3 is 14.8 Å². The zero-order chi connectivity index (χ0) is 12.0. The van der Waals surface area contributed by atoms with Gasteiger partial charge in [-0.05, 0) is 33.7 Å². The molecule has 0 heterocycles. The van der Waals surface area contributed by atoms with Crippen molar-refractivity contribution in [3.05, 3.63) is 0 Å². The minimum atomic E-state index is -0.724. The van der Waals surface area contributed by atoms with Gasteiger partial charge in [0.15, 0.2) is 0 Å². The molecule has 0 saturated heterocycles. The van der Waals surface area contributed by atoms with E-state index in [4.69, 9.17) is 9.47 Å². The van der Waals surface area contributed by atoms with E-state index in [0.29, 0.717) is 19.3 Å². The molecule has 1 unspecified atom stereocenters. The van der Waals surface area contributed by atoms with Crippen LogP contribution in [0.3, 0.4) is 0 Å². The van der Waals surface area contributed by atoms with E-state index in [2.05, 4.69) is 5.32 Å². The smallest absolute Gasteiger partial charge is 0.328 e. The molecule has 94 valence electrons. The van der Waals surface area contributed by atoms with Gasteiger partial charge in [-0.1, -0.05) is 12.8 Å². The van der Waals surface area contributed by atoms with Crippen molar-refractivity contribution in [2.75, 3.05) is 20.3 Å². The van der Waals surface area contributed by atoms with Crippen LogP contribution in [0.15, 0.2) is 0 Å². The summed E-state index contributed by atoms with van der Waals surface area (Å²) in [5.41, 5.74) is -0.724. The molecule has 1 atom stereocenters. The van der Waals surface area contributed by atoms with Gasteiger partial charge in [-0.2, -0.15) is 0 Å². The molecular formula is C12H23NO3. The maximum atomic E-state index is 11.7. The molecule has 0 aromatic rings.